The molecule has 2 amide bonds. The molecule has 0 heterocycles. The number of halogens is 1. The van der Waals surface area contributed by atoms with E-state index in [-0.39, 0.29) is 29.8 Å². The predicted molar refractivity (Wildman–Crippen MR) is 176 cm³/mol. The van der Waals surface area contributed by atoms with Gasteiger partial charge in [-0.1, -0.05) is 73.7 Å². The van der Waals surface area contributed by atoms with Crippen molar-refractivity contribution in [1.29, 1.82) is 0 Å². The van der Waals surface area contributed by atoms with Gasteiger partial charge in [0.15, 0.2) is 0 Å². The number of hydrogen-bond acceptors (Lipinski definition) is 4. The van der Waals surface area contributed by atoms with Crippen LogP contribution in [0.15, 0.2) is 108 Å². The third-order valence-corrected chi connectivity index (χ3v) is 9.71. The van der Waals surface area contributed by atoms with Crippen molar-refractivity contribution < 1.29 is 22.4 Å². The fourth-order valence-corrected chi connectivity index (χ4v) is 6.34. The Bertz CT molecular complexity index is 1700. The van der Waals surface area contributed by atoms with E-state index in [1.165, 1.54) is 29.2 Å². The fraction of sp³-hybridized carbons (Fsp3) is 0.278. The van der Waals surface area contributed by atoms with Crippen LogP contribution in [0.1, 0.15) is 42.5 Å². The highest BCUT2D eigenvalue weighted by atomic mass is 32.2. The van der Waals surface area contributed by atoms with Crippen LogP contribution in [-0.2, 0) is 32.6 Å². The van der Waals surface area contributed by atoms with Crippen molar-refractivity contribution in [1.82, 2.24) is 10.2 Å². The summed E-state index contributed by atoms with van der Waals surface area (Å²) < 4.78 is 43.1. The number of anilines is 1. The first kappa shape index (κ1) is 33.4. The van der Waals surface area contributed by atoms with E-state index >= 15 is 0 Å². The summed E-state index contributed by atoms with van der Waals surface area (Å²) in [6.07, 6.45) is 0.886. The predicted octanol–water partition coefficient (Wildman–Crippen LogP) is 6.19. The largest absolute Gasteiger partial charge is 0.352 e. The zero-order valence-corrected chi connectivity index (χ0v) is 26.9. The Balaban J connectivity index is 1.81. The van der Waals surface area contributed by atoms with E-state index in [4.69, 9.17) is 0 Å². The van der Waals surface area contributed by atoms with E-state index in [9.17, 15) is 22.4 Å². The van der Waals surface area contributed by atoms with E-state index in [1.807, 2.05) is 64.1 Å². The van der Waals surface area contributed by atoms with Gasteiger partial charge in [-0.3, -0.25) is 13.9 Å². The van der Waals surface area contributed by atoms with Crippen LogP contribution >= 0.6 is 0 Å². The molecule has 0 saturated carbocycles. The Kier molecular flexibility index (Phi) is 11.1. The Morgan fingerprint density at radius 2 is 1.44 bits per heavy atom. The number of rotatable bonds is 13. The highest BCUT2D eigenvalue weighted by Gasteiger charge is 2.35. The fourth-order valence-electron chi connectivity index (χ4n) is 4.91. The van der Waals surface area contributed by atoms with Crippen molar-refractivity contribution >= 4 is 27.5 Å². The summed E-state index contributed by atoms with van der Waals surface area (Å²) in [6.45, 7) is 7.06. The first-order chi connectivity index (χ1) is 21.5. The van der Waals surface area contributed by atoms with Crippen molar-refractivity contribution in [2.75, 3.05) is 10.8 Å². The molecule has 0 aliphatic rings. The van der Waals surface area contributed by atoms with Crippen LogP contribution in [0.3, 0.4) is 0 Å². The van der Waals surface area contributed by atoms with Crippen molar-refractivity contribution in [3.05, 3.63) is 131 Å². The van der Waals surface area contributed by atoms with Gasteiger partial charge < -0.3 is 10.2 Å². The number of benzene rings is 4. The third-order valence-electron chi connectivity index (χ3n) is 7.93. The second kappa shape index (κ2) is 15.0. The number of hydrogen-bond donors (Lipinski definition) is 1. The summed E-state index contributed by atoms with van der Waals surface area (Å²) in [6, 6.07) is 27.1. The van der Waals surface area contributed by atoms with E-state index in [0.29, 0.717) is 17.7 Å². The van der Waals surface area contributed by atoms with Crippen molar-refractivity contribution in [2.24, 2.45) is 0 Å². The molecule has 0 bridgehead atoms. The molecule has 4 aromatic rings. The Labute approximate surface area is 265 Å². The zero-order chi connectivity index (χ0) is 32.6. The lowest BCUT2D eigenvalue weighted by molar-refractivity contribution is -0.140. The molecule has 0 radical (unpaired) electrons. The quantitative estimate of drug-likeness (QED) is 0.191. The second-order valence-corrected chi connectivity index (χ2v) is 13.1. The molecule has 0 saturated heterocycles. The lowest BCUT2D eigenvalue weighted by atomic mass is 10.0. The maximum Gasteiger partial charge on any atom is 0.264 e. The van der Waals surface area contributed by atoms with Gasteiger partial charge in [0.05, 0.1) is 10.6 Å². The number of nitrogens with one attached hydrogen (secondary N) is 1. The van der Waals surface area contributed by atoms with Gasteiger partial charge in [0, 0.05) is 19.0 Å². The van der Waals surface area contributed by atoms with Crippen LogP contribution in [0, 0.1) is 19.7 Å². The molecule has 2 atom stereocenters. The van der Waals surface area contributed by atoms with E-state index in [1.54, 1.807) is 42.5 Å². The molecule has 0 aliphatic carbocycles. The Hall–Kier alpha value is -4.50. The summed E-state index contributed by atoms with van der Waals surface area (Å²) in [5.74, 6) is -1.36. The third kappa shape index (κ3) is 8.57. The zero-order valence-electron chi connectivity index (χ0n) is 26.1. The highest BCUT2D eigenvalue weighted by Crippen LogP contribution is 2.27. The first-order valence-electron chi connectivity index (χ1n) is 15.0. The summed E-state index contributed by atoms with van der Waals surface area (Å²) in [7, 11) is -4.18. The van der Waals surface area contributed by atoms with Gasteiger partial charge in [-0.05, 0) is 85.8 Å². The first-order valence-corrected chi connectivity index (χ1v) is 16.5. The minimum Gasteiger partial charge on any atom is -0.352 e. The standard InChI is InChI=1S/C36H40FN3O4S/c1-5-28(4)38-36(42)34(23-29-12-8-6-9-13-29)39(24-30-17-19-31(37)20-18-30)35(41)25-40(32-21-16-26(2)27(3)22-32)45(43,44)33-14-10-7-11-15-33/h6-22,28,34H,5,23-25H2,1-4H3,(H,38,42)/t28-,34-/m1/s1. The monoisotopic (exact) mass is 629 g/mol. The molecule has 4 rings (SSSR count). The van der Waals surface area contributed by atoms with Crippen LogP contribution in [0.4, 0.5) is 10.1 Å². The number of nitrogens with zero attached hydrogens (tertiary/aromatic N) is 2. The van der Waals surface area contributed by atoms with Gasteiger partial charge in [0.1, 0.15) is 18.4 Å². The number of aryl methyl sites for hydroxylation is 2. The molecule has 7 nitrogen and oxygen atoms in total. The number of sulfonamides is 1. The minimum atomic E-state index is -4.18. The Morgan fingerprint density at radius 3 is 2.04 bits per heavy atom. The van der Waals surface area contributed by atoms with Crippen LogP contribution in [0.2, 0.25) is 0 Å². The molecule has 45 heavy (non-hydrogen) atoms. The van der Waals surface area contributed by atoms with Gasteiger partial charge in [-0.15, -0.1) is 0 Å². The average molecular weight is 630 g/mol. The molecule has 236 valence electrons. The van der Waals surface area contributed by atoms with Gasteiger partial charge in [0.2, 0.25) is 11.8 Å². The van der Waals surface area contributed by atoms with Crippen LogP contribution < -0.4 is 9.62 Å². The molecule has 4 aromatic carbocycles. The summed E-state index contributed by atoms with van der Waals surface area (Å²) in [5, 5.41) is 3.01. The minimum absolute atomic E-state index is 0.0311. The normalized spacial score (nSPS) is 12.6. The summed E-state index contributed by atoms with van der Waals surface area (Å²) in [4.78, 5) is 29.8. The van der Waals surface area contributed by atoms with E-state index in [0.717, 1.165) is 21.0 Å². The van der Waals surface area contributed by atoms with Gasteiger partial charge in [-0.2, -0.15) is 0 Å². The van der Waals surface area contributed by atoms with Gasteiger partial charge in [0.25, 0.3) is 10.0 Å². The molecule has 0 spiro atoms. The second-order valence-electron chi connectivity index (χ2n) is 11.3. The van der Waals surface area contributed by atoms with Crippen molar-refractivity contribution in [2.45, 2.75) is 64.1 Å². The Morgan fingerprint density at radius 1 is 0.822 bits per heavy atom. The molecule has 1 N–H and O–H groups in total. The smallest absolute Gasteiger partial charge is 0.264 e. The van der Waals surface area contributed by atoms with Gasteiger partial charge in [-0.25, -0.2) is 12.8 Å². The SMILES string of the molecule is CC[C@@H](C)NC(=O)[C@@H](Cc1ccccc1)N(Cc1ccc(F)cc1)C(=O)CN(c1ccc(C)c(C)c1)S(=O)(=O)c1ccccc1. The van der Waals surface area contributed by atoms with Crippen molar-refractivity contribution in [3.8, 4) is 0 Å². The molecular weight excluding hydrogens is 589 g/mol. The number of amides is 2. The maximum atomic E-state index is 14.5. The molecule has 9 heteroatoms. The number of carbonyl (C=O) groups excluding carboxylic acids is 2. The molecule has 0 aromatic heterocycles. The maximum absolute atomic E-state index is 14.5. The van der Waals surface area contributed by atoms with E-state index in [2.05, 4.69) is 5.32 Å². The molecular formula is C36H40FN3O4S. The number of carbonyl (C=O) groups is 2. The molecule has 0 fully saturated rings. The van der Waals surface area contributed by atoms with Gasteiger partial charge >= 0.3 is 0 Å². The molecule has 0 aliphatic heterocycles. The summed E-state index contributed by atoms with van der Waals surface area (Å²) in [5.41, 5.74) is 3.61. The average Bonchev–Trinajstić information content (AvgIpc) is 3.04. The van der Waals surface area contributed by atoms with Crippen LogP contribution in [-0.4, -0.2) is 43.8 Å². The summed E-state index contributed by atoms with van der Waals surface area (Å²) >= 11 is 0. The highest BCUT2D eigenvalue weighted by molar-refractivity contribution is 7.92. The topological polar surface area (TPSA) is 86.8 Å². The van der Waals surface area contributed by atoms with E-state index < -0.39 is 34.3 Å². The van der Waals surface area contributed by atoms with Crippen LogP contribution in [0.25, 0.3) is 0 Å². The lowest BCUT2D eigenvalue weighted by Gasteiger charge is -2.34. The van der Waals surface area contributed by atoms with Crippen LogP contribution in [0.5, 0.6) is 0 Å². The molecule has 0 unspecified atom stereocenters. The van der Waals surface area contributed by atoms with Crippen molar-refractivity contribution in [3.63, 3.8) is 0 Å². The lowest BCUT2D eigenvalue weighted by Crippen LogP contribution is -2.54.